The van der Waals surface area contributed by atoms with E-state index < -0.39 is 0 Å². The third-order valence-corrected chi connectivity index (χ3v) is 3.42. The summed E-state index contributed by atoms with van der Waals surface area (Å²) in [7, 11) is 0. The lowest BCUT2D eigenvalue weighted by Gasteiger charge is -2.20. The number of halogens is 1. The van der Waals surface area contributed by atoms with Gasteiger partial charge in [0, 0.05) is 23.2 Å². The van der Waals surface area contributed by atoms with E-state index in [1.165, 1.54) is 6.07 Å². The monoisotopic (exact) mass is 261 g/mol. The fourth-order valence-corrected chi connectivity index (χ4v) is 2.46. The first-order valence-corrected chi connectivity index (χ1v) is 6.56. The molecule has 0 saturated heterocycles. The second-order valence-corrected chi connectivity index (χ2v) is 5.00. The van der Waals surface area contributed by atoms with Gasteiger partial charge >= 0.3 is 0 Å². The zero-order chi connectivity index (χ0) is 14.0. The first kappa shape index (κ1) is 13.8. The maximum Gasteiger partial charge on any atom is 0.127 e. The molecule has 0 bridgehead atoms. The third kappa shape index (κ3) is 3.04. The summed E-state index contributed by atoms with van der Waals surface area (Å²) in [5.74, 6) is 1.65. The lowest BCUT2D eigenvalue weighted by molar-refractivity contribution is 0.458. The minimum absolute atomic E-state index is 0.0502. The number of furan rings is 1. The minimum atomic E-state index is -0.171. The summed E-state index contributed by atoms with van der Waals surface area (Å²) in [6.07, 6.45) is 0. The fraction of sp³-hybridized carbons (Fsp3) is 0.375. The topological polar surface area (TPSA) is 25.2 Å². The standard InChI is InChI=1S/C16H20FNO/c1-10-9-15(13(4)19-10)12(3)18-11(2)14-7-5-6-8-16(14)17/h5-9,11-12,18H,1-4H3/t11-,12?/m1/s1. The number of benzene rings is 1. The molecule has 3 heteroatoms. The molecular weight excluding hydrogens is 241 g/mol. The van der Waals surface area contributed by atoms with Gasteiger partial charge in [0.2, 0.25) is 0 Å². The van der Waals surface area contributed by atoms with Crippen molar-refractivity contribution >= 4 is 0 Å². The van der Waals surface area contributed by atoms with E-state index in [4.69, 9.17) is 4.42 Å². The predicted octanol–water partition coefficient (Wildman–Crippen LogP) is 4.45. The molecular formula is C16H20FNO. The average molecular weight is 261 g/mol. The van der Waals surface area contributed by atoms with Crippen LogP contribution in [0.3, 0.4) is 0 Å². The highest BCUT2D eigenvalue weighted by molar-refractivity contribution is 5.25. The predicted molar refractivity (Wildman–Crippen MR) is 74.5 cm³/mol. The smallest absolute Gasteiger partial charge is 0.127 e. The van der Waals surface area contributed by atoms with Crippen molar-refractivity contribution in [2.24, 2.45) is 0 Å². The van der Waals surface area contributed by atoms with Crippen LogP contribution in [0.2, 0.25) is 0 Å². The van der Waals surface area contributed by atoms with Crippen molar-refractivity contribution < 1.29 is 8.81 Å². The van der Waals surface area contributed by atoms with Crippen molar-refractivity contribution in [3.8, 4) is 0 Å². The van der Waals surface area contributed by atoms with Crippen LogP contribution in [-0.2, 0) is 0 Å². The van der Waals surface area contributed by atoms with E-state index >= 15 is 0 Å². The molecule has 1 unspecified atom stereocenters. The molecule has 2 aromatic rings. The SMILES string of the molecule is Cc1cc(C(C)N[C@H](C)c2ccccc2F)c(C)o1. The molecule has 19 heavy (non-hydrogen) atoms. The summed E-state index contributed by atoms with van der Waals surface area (Å²) in [5.41, 5.74) is 1.81. The van der Waals surface area contributed by atoms with Crippen molar-refractivity contribution in [1.82, 2.24) is 5.32 Å². The summed E-state index contributed by atoms with van der Waals surface area (Å²) in [5, 5.41) is 3.41. The highest BCUT2D eigenvalue weighted by Gasteiger charge is 2.17. The van der Waals surface area contributed by atoms with Gasteiger partial charge in [-0.25, -0.2) is 4.39 Å². The van der Waals surface area contributed by atoms with Gasteiger partial charge < -0.3 is 9.73 Å². The third-order valence-electron chi connectivity index (χ3n) is 3.42. The summed E-state index contributed by atoms with van der Waals surface area (Å²) >= 11 is 0. The summed E-state index contributed by atoms with van der Waals surface area (Å²) in [6, 6.07) is 8.96. The quantitative estimate of drug-likeness (QED) is 0.879. The van der Waals surface area contributed by atoms with Crippen LogP contribution in [0, 0.1) is 19.7 Å². The molecule has 1 heterocycles. The molecule has 0 amide bonds. The highest BCUT2D eigenvalue weighted by Crippen LogP contribution is 2.25. The van der Waals surface area contributed by atoms with Gasteiger partial charge in [0.1, 0.15) is 17.3 Å². The van der Waals surface area contributed by atoms with Crippen LogP contribution >= 0.6 is 0 Å². The average Bonchev–Trinajstić information content (AvgIpc) is 2.69. The van der Waals surface area contributed by atoms with Crippen LogP contribution < -0.4 is 5.32 Å². The van der Waals surface area contributed by atoms with E-state index in [0.717, 1.165) is 17.1 Å². The van der Waals surface area contributed by atoms with Crippen molar-refractivity contribution in [2.75, 3.05) is 0 Å². The van der Waals surface area contributed by atoms with Crippen molar-refractivity contribution in [3.63, 3.8) is 0 Å². The van der Waals surface area contributed by atoms with E-state index in [1.54, 1.807) is 6.07 Å². The molecule has 0 spiro atoms. The Morgan fingerprint density at radius 3 is 2.26 bits per heavy atom. The van der Waals surface area contributed by atoms with Crippen LogP contribution in [0.1, 0.15) is 48.6 Å². The molecule has 0 aliphatic rings. The normalized spacial score (nSPS) is 14.4. The maximum atomic E-state index is 13.7. The van der Waals surface area contributed by atoms with Crippen LogP contribution in [0.15, 0.2) is 34.7 Å². The number of nitrogens with one attached hydrogen (secondary N) is 1. The maximum absolute atomic E-state index is 13.7. The molecule has 0 saturated carbocycles. The van der Waals surface area contributed by atoms with Crippen LogP contribution in [0.25, 0.3) is 0 Å². The van der Waals surface area contributed by atoms with Gasteiger partial charge in [-0.2, -0.15) is 0 Å². The molecule has 0 radical (unpaired) electrons. The Labute approximate surface area is 113 Å². The molecule has 1 N–H and O–H groups in total. The van der Waals surface area contributed by atoms with Crippen molar-refractivity contribution in [1.29, 1.82) is 0 Å². The highest BCUT2D eigenvalue weighted by atomic mass is 19.1. The van der Waals surface area contributed by atoms with E-state index in [2.05, 4.69) is 12.2 Å². The Morgan fingerprint density at radius 2 is 1.68 bits per heavy atom. The van der Waals surface area contributed by atoms with E-state index in [1.807, 2.05) is 39.0 Å². The molecule has 0 aliphatic carbocycles. The van der Waals surface area contributed by atoms with Gasteiger partial charge in [-0.1, -0.05) is 18.2 Å². The van der Waals surface area contributed by atoms with Crippen molar-refractivity contribution in [2.45, 2.75) is 39.8 Å². The Hall–Kier alpha value is -1.61. The molecule has 102 valence electrons. The van der Waals surface area contributed by atoms with Gasteiger partial charge in [-0.3, -0.25) is 0 Å². The Kier molecular flexibility index (Phi) is 4.05. The lowest BCUT2D eigenvalue weighted by atomic mass is 10.0. The number of rotatable bonds is 4. The van der Waals surface area contributed by atoms with E-state index in [-0.39, 0.29) is 17.9 Å². The second-order valence-electron chi connectivity index (χ2n) is 5.00. The molecule has 0 aliphatic heterocycles. The summed E-state index contributed by atoms with van der Waals surface area (Å²) < 4.78 is 19.3. The largest absolute Gasteiger partial charge is 0.466 e. The minimum Gasteiger partial charge on any atom is -0.466 e. The molecule has 2 nitrogen and oxygen atoms in total. The van der Waals surface area contributed by atoms with E-state index in [9.17, 15) is 4.39 Å². The van der Waals surface area contributed by atoms with Crippen molar-refractivity contribution in [3.05, 3.63) is 58.8 Å². The van der Waals surface area contributed by atoms with E-state index in [0.29, 0.717) is 5.56 Å². The Balaban J connectivity index is 2.13. The molecule has 0 fully saturated rings. The summed E-state index contributed by atoms with van der Waals surface area (Å²) in [6.45, 7) is 7.92. The Bertz CT molecular complexity index is 562. The lowest BCUT2D eigenvalue weighted by Crippen LogP contribution is -2.23. The van der Waals surface area contributed by atoms with Crippen LogP contribution in [0.4, 0.5) is 4.39 Å². The number of hydrogen-bond donors (Lipinski definition) is 1. The van der Waals surface area contributed by atoms with Gasteiger partial charge in [0.15, 0.2) is 0 Å². The summed E-state index contributed by atoms with van der Waals surface area (Å²) in [4.78, 5) is 0. The molecule has 2 atom stereocenters. The number of hydrogen-bond acceptors (Lipinski definition) is 2. The van der Waals surface area contributed by atoms with Gasteiger partial charge in [-0.05, 0) is 39.8 Å². The van der Waals surface area contributed by atoms with Gasteiger partial charge in [-0.15, -0.1) is 0 Å². The molecule has 1 aromatic heterocycles. The Morgan fingerprint density at radius 1 is 1.05 bits per heavy atom. The van der Waals surface area contributed by atoms with Gasteiger partial charge in [0.05, 0.1) is 0 Å². The zero-order valence-electron chi connectivity index (χ0n) is 11.8. The van der Waals surface area contributed by atoms with Crippen LogP contribution in [-0.4, -0.2) is 0 Å². The first-order chi connectivity index (χ1) is 8.99. The molecule has 2 rings (SSSR count). The first-order valence-electron chi connectivity index (χ1n) is 6.56. The molecule has 1 aromatic carbocycles. The zero-order valence-corrected chi connectivity index (χ0v) is 11.8. The second kappa shape index (κ2) is 5.57. The van der Waals surface area contributed by atoms with Gasteiger partial charge in [0.25, 0.3) is 0 Å². The number of aryl methyl sites for hydroxylation is 2. The van der Waals surface area contributed by atoms with Crippen LogP contribution in [0.5, 0.6) is 0 Å². The fourth-order valence-electron chi connectivity index (χ4n) is 2.46.